The second-order valence-electron chi connectivity index (χ2n) is 5.03. The SMILES string of the molecule is FC(Cn1ccnn1)(c1ccc(Cl)cc1)c1ccc(Cl)cc1Cl. The lowest BCUT2D eigenvalue weighted by Crippen LogP contribution is -2.29. The molecule has 1 atom stereocenters. The van der Waals surface area contributed by atoms with Crippen LogP contribution in [0.25, 0.3) is 0 Å². The molecule has 0 aliphatic carbocycles. The van der Waals surface area contributed by atoms with Crippen LogP contribution < -0.4 is 0 Å². The molecule has 0 aliphatic rings. The Kier molecular flexibility index (Phi) is 4.57. The lowest BCUT2D eigenvalue weighted by Gasteiger charge is -2.27. The third-order valence-corrected chi connectivity index (χ3v) is 4.31. The largest absolute Gasteiger partial charge is 0.249 e. The lowest BCUT2D eigenvalue weighted by molar-refractivity contribution is 0.181. The van der Waals surface area contributed by atoms with Gasteiger partial charge < -0.3 is 0 Å². The monoisotopic (exact) mass is 369 g/mol. The highest BCUT2D eigenvalue weighted by molar-refractivity contribution is 6.35. The van der Waals surface area contributed by atoms with E-state index < -0.39 is 5.67 Å². The molecule has 118 valence electrons. The number of rotatable bonds is 4. The zero-order valence-electron chi connectivity index (χ0n) is 11.8. The molecule has 0 N–H and O–H groups in total. The van der Waals surface area contributed by atoms with Gasteiger partial charge in [0.2, 0.25) is 0 Å². The Morgan fingerprint density at radius 3 is 2.30 bits per heavy atom. The molecule has 0 aliphatic heterocycles. The van der Waals surface area contributed by atoms with Crippen molar-refractivity contribution in [2.45, 2.75) is 12.2 Å². The topological polar surface area (TPSA) is 30.7 Å². The minimum Gasteiger partial charge on any atom is -0.249 e. The Balaban J connectivity index is 2.14. The molecule has 2 aromatic carbocycles. The van der Waals surface area contributed by atoms with Crippen LogP contribution in [0.3, 0.4) is 0 Å². The van der Waals surface area contributed by atoms with Crippen LogP contribution in [0.15, 0.2) is 54.9 Å². The van der Waals surface area contributed by atoms with E-state index in [0.717, 1.165) is 0 Å². The molecule has 1 aromatic heterocycles. The van der Waals surface area contributed by atoms with Crippen LogP contribution in [0.2, 0.25) is 15.1 Å². The number of halogens is 4. The first-order valence-corrected chi connectivity index (χ1v) is 7.87. The highest BCUT2D eigenvalue weighted by Crippen LogP contribution is 2.40. The van der Waals surface area contributed by atoms with Crippen LogP contribution in [0.4, 0.5) is 4.39 Å². The van der Waals surface area contributed by atoms with Crippen molar-refractivity contribution in [3.63, 3.8) is 0 Å². The summed E-state index contributed by atoms with van der Waals surface area (Å²) < 4.78 is 17.5. The number of benzene rings is 2. The van der Waals surface area contributed by atoms with Crippen molar-refractivity contribution < 1.29 is 4.39 Å². The zero-order valence-corrected chi connectivity index (χ0v) is 14.0. The van der Waals surface area contributed by atoms with E-state index in [9.17, 15) is 0 Å². The number of hydrogen-bond donors (Lipinski definition) is 0. The molecule has 0 spiro atoms. The lowest BCUT2D eigenvalue weighted by atomic mass is 9.88. The van der Waals surface area contributed by atoms with E-state index in [1.54, 1.807) is 42.6 Å². The Morgan fingerprint density at radius 2 is 1.70 bits per heavy atom. The van der Waals surface area contributed by atoms with Crippen LogP contribution in [-0.4, -0.2) is 15.0 Å². The quantitative estimate of drug-likeness (QED) is 0.636. The van der Waals surface area contributed by atoms with Gasteiger partial charge in [-0.1, -0.05) is 58.2 Å². The maximum Gasteiger partial charge on any atom is 0.181 e. The van der Waals surface area contributed by atoms with Crippen LogP contribution in [-0.2, 0) is 12.2 Å². The number of aromatic nitrogens is 3. The normalized spacial score (nSPS) is 13.7. The molecular formula is C16H11Cl3FN3. The molecule has 3 rings (SSSR count). The molecule has 0 fully saturated rings. The summed E-state index contributed by atoms with van der Waals surface area (Å²) in [6.45, 7) is -0.0734. The maximum atomic E-state index is 16.1. The predicted molar refractivity (Wildman–Crippen MR) is 89.8 cm³/mol. The van der Waals surface area contributed by atoms with Crippen LogP contribution in [0, 0.1) is 0 Å². The summed E-state index contributed by atoms with van der Waals surface area (Å²) in [6, 6.07) is 11.2. The first kappa shape index (κ1) is 16.2. The van der Waals surface area contributed by atoms with Gasteiger partial charge in [0.1, 0.15) is 0 Å². The van der Waals surface area contributed by atoms with E-state index in [1.807, 2.05) is 0 Å². The van der Waals surface area contributed by atoms with Gasteiger partial charge in [0, 0.05) is 26.8 Å². The van der Waals surface area contributed by atoms with Gasteiger partial charge in [-0.25, -0.2) is 9.07 Å². The molecule has 7 heteroatoms. The van der Waals surface area contributed by atoms with Crippen LogP contribution >= 0.6 is 34.8 Å². The van der Waals surface area contributed by atoms with Crippen molar-refractivity contribution in [3.05, 3.63) is 81.1 Å². The fourth-order valence-corrected chi connectivity index (χ4v) is 3.08. The van der Waals surface area contributed by atoms with Gasteiger partial charge >= 0.3 is 0 Å². The molecule has 1 unspecified atom stereocenters. The van der Waals surface area contributed by atoms with Gasteiger partial charge in [0.05, 0.1) is 12.7 Å². The van der Waals surface area contributed by atoms with E-state index in [4.69, 9.17) is 34.8 Å². The molecular weight excluding hydrogens is 360 g/mol. The number of alkyl halides is 1. The molecule has 0 radical (unpaired) electrons. The molecule has 0 saturated heterocycles. The standard InChI is InChI=1S/C16H11Cl3FN3/c17-12-3-1-11(2-4-12)16(20,10-23-8-7-21-22-23)14-6-5-13(18)9-15(14)19/h1-9H,10H2. The van der Waals surface area contributed by atoms with Crippen LogP contribution in [0.1, 0.15) is 11.1 Å². The summed E-state index contributed by atoms with van der Waals surface area (Å²) in [7, 11) is 0. The summed E-state index contributed by atoms with van der Waals surface area (Å²) in [5, 5.41) is 8.78. The van der Waals surface area contributed by atoms with Gasteiger partial charge in [-0.05, 0) is 29.8 Å². The summed E-state index contributed by atoms with van der Waals surface area (Å²) in [5.74, 6) is 0. The highest BCUT2D eigenvalue weighted by Gasteiger charge is 2.37. The van der Waals surface area contributed by atoms with E-state index in [1.165, 1.54) is 16.9 Å². The van der Waals surface area contributed by atoms with Gasteiger partial charge in [0.15, 0.2) is 5.67 Å². The number of hydrogen-bond acceptors (Lipinski definition) is 2. The summed E-state index contributed by atoms with van der Waals surface area (Å²) in [5.41, 5.74) is -1.18. The molecule has 0 bridgehead atoms. The zero-order chi connectivity index (χ0) is 16.4. The van der Waals surface area contributed by atoms with Crippen molar-refractivity contribution in [1.82, 2.24) is 15.0 Å². The van der Waals surface area contributed by atoms with E-state index in [-0.39, 0.29) is 11.6 Å². The molecule has 0 amide bonds. The molecule has 1 heterocycles. The Labute approximate surface area is 147 Å². The van der Waals surface area contributed by atoms with E-state index >= 15 is 4.39 Å². The third kappa shape index (κ3) is 3.34. The maximum absolute atomic E-state index is 16.1. The van der Waals surface area contributed by atoms with E-state index in [2.05, 4.69) is 10.3 Å². The fraction of sp³-hybridized carbons (Fsp3) is 0.125. The summed E-state index contributed by atoms with van der Waals surface area (Å²) in [6.07, 6.45) is 3.08. The van der Waals surface area contributed by atoms with E-state index in [0.29, 0.717) is 21.2 Å². The Morgan fingerprint density at radius 1 is 1.00 bits per heavy atom. The molecule has 3 aromatic rings. The minimum atomic E-state index is -1.90. The Hall–Kier alpha value is -1.62. The van der Waals surface area contributed by atoms with Crippen molar-refractivity contribution in [1.29, 1.82) is 0 Å². The molecule has 23 heavy (non-hydrogen) atoms. The van der Waals surface area contributed by atoms with Crippen molar-refractivity contribution >= 4 is 34.8 Å². The first-order chi connectivity index (χ1) is 11.0. The van der Waals surface area contributed by atoms with Crippen molar-refractivity contribution in [3.8, 4) is 0 Å². The van der Waals surface area contributed by atoms with Gasteiger partial charge in [-0.3, -0.25) is 0 Å². The Bertz CT molecular complexity index is 806. The highest BCUT2D eigenvalue weighted by atomic mass is 35.5. The fourth-order valence-electron chi connectivity index (χ4n) is 2.40. The average molecular weight is 371 g/mol. The minimum absolute atomic E-state index is 0.0734. The van der Waals surface area contributed by atoms with Crippen molar-refractivity contribution in [2.24, 2.45) is 0 Å². The first-order valence-electron chi connectivity index (χ1n) is 6.73. The third-order valence-electron chi connectivity index (χ3n) is 3.51. The van der Waals surface area contributed by atoms with Crippen LogP contribution in [0.5, 0.6) is 0 Å². The summed E-state index contributed by atoms with van der Waals surface area (Å²) in [4.78, 5) is 0. The predicted octanol–water partition coefficient (Wildman–Crippen LogP) is 5.15. The second-order valence-corrected chi connectivity index (χ2v) is 6.31. The summed E-state index contributed by atoms with van der Waals surface area (Å²) >= 11 is 18.1. The smallest absolute Gasteiger partial charge is 0.181 e. The average Bonchev–Trinajstić information content (AvgIpc) is 3.00. The number of nitrogens with zero attached hydrogens (tertiary/aromatic N) is 3. The van der Waals surface area contributed by atoms with Gasteiger partial charge in [0.25, 0.3) is 0 Å². The molecule has 0 saturated carbocycles. The van der Waals surface area contributed by atoms with Crippen molar-refractivity contribution in [2.75, 3.05) is 0 Å². The molecule has 3 nitrogen and oxygen atoms in total. The second kappa shape index (κ2) is 6.48. The van der Waals surface area contributed by atoms with Gasteiger partial charge in [-0.15, -0.1) is 5.10 Å². The van der Waals surface area contributed by atoms with Gasteiger partial charge in [-0.2, -0.15) is 0 Å².